The van der Waals surface area contributed by atoms with Crippen molar-refractivity contribution in [1.82, 2.24) is 15.2 Å². The minimum absolute atomic E-state index is 0.0954. The molecule has 110 valence electrons. The highest BCUT2D eigenvalue weighted by Crippen LogP contribution is 2.29. The number of nitrogen functional groups attached to an aromatic ring is 1. The lowest BCUT2D eigenvalue weighted by Gasteiger charge is -2.25. The number of hydrogen-bond acceptors (Lipinski definition) is 6. The second-order valence-electron chi connectivity index (χ2n) is 5.73. The van der Waals surface area contributed by atoms with E-state index in [-0.39, 0.29) is 11.9 Å². The zero-order valence-electron chi connectivity index (χ0n) is 11.7. The first-order chi connectivity index (χ1) is 9.61. The van der Waals surface area contributed by atoms with Crippen molar-refractivity contribution >= 4 is 28.2 Å². The zero-order valence-corrected chi connectivity index (χ0v) is 12.5. The topological polar surface area (TPSA) is 83.3 Å². The average molecular weight is 295 g/mol. The fourth-order valence-electron chi connectivity index (χ4n) is 2.59. The predicted octanol–water partition coefficient (Wildman–Crippen LogP) is 1.12. The number of anilines is 2. The summed E-state index contributed by atoms with van der Waals surface area (Å²) in [5.74, 6) is 0.239. The molecule has 1 aliphatic heterocycles. The molecular formula is C13H21N5OS. The lowest BCUT2D eigenvalue weighted by atomic mass is 9.93. The van der Waals surface area contributed by atoms with E-state index in [1.54, 1.807) is 0 Å². The van der Waals surface area contributed by atoms with Crippen LogP contribution in [0.15, 0.2) is 0 Å². The summed E-state index contributed by atoms with van der Waals surface area (Å²) >= 11 is 1.36. The van der Waals surface area contributed by atoms with Crippen LogP contribution in [0.2, 0.25) is 0 Å². The second-order valence-corrected chi connectivity index (χ2v) is 6.73. The molecule has 0 aromatic carbocycles. The number of likely N-dealkylation sites (N-methyl/N-ethyl adjacent to an activating group) is 1. The Morgan fingerprint density at radius 2 is 2.20 bits per heavy atom. The van der Waals surface area contributed by atoms with Gasteiger partial charge in [-0.2, -0.15) is 0 Å². The summed E-state index contributed by atoms with van der Waals surface area (Å²) in [4.78, 5) is 19.2. The van der Waals surface area contributed by atoms with Crippen molar-refractivity contribution < 1.29 is 4.79 Å². The lowest BCUT2D eigenvalue weighted by molar-refractivity contribution is 0.0943. The molecule has 1 saturated carbocycles. The molecule has 2 heterocycles. The molecule has 1 atom stereocenters. The van der Waals surface area contributed by atoms with Gasteiger partial charge in [-0.05, 0) is 39.3 Å². The van der Waals surface area contributed by atoms with Crippen LogP contribution in [0.3, 0.4) is 0 Å². The molecule has 2 fully saturated rings. The molecule has 7 heteroatoms. The monoisotopic (exact) mass is 295 g/mol. The van der Waals surface area contributed by atoms with Crippen LogP contribution in [0.1, 0.15) is 35.4 Å². The Labute approximate surface area is 122 Å². The minimum atomic E-state index is -0.0954. The van der Waals surface area contributed by atoms with Crippen LogP contribution in [0, 0.1) is 0 Å². The number of rotatable bonds is 4. The molecule has 1 saturated heterocycles. The van der Waals surface area contributed by atoms with E-state index in [0.29, 0.717) is 16.7 Å². The van der Waals surface area contributed by atoms with Crippen LogP contribution in [-0.4, -0.2) is 48.0 Å². The summed E-state index contributed by atoms with van der Waals surface area (Å²) in [6, 6.07) is 0.719. The first-order valence-corrected chi connectivity index (χ1v) is 7.95. The van der Waals surface area contributed by atoms with Crippen LogP contribution >= 0.6 is 11.3 Å². The van der Waals surface area contributed by atoms with E-state index >= 15 is 0 Å². The Kier molecular flexibility index (Phi) is 3.80. The standard InChI is InChI=1S/C13H21N5OS/c1-18-6-5-9(7-18)15-12(19)10-11(14)17-13(20-10)16-8-3-2-4-8/h8-9H,2-7,14H2,1H3,(H,15,19)(H,16,17). The van der Waals surface area contributed by atoms with Gasteiger partial charge in [0.15, 0.2) is 5.13 Å². The van der Waals surface area contributed by atoms with Gasteiger partial charge in [0.05, 0.1) is 0 Å². The second kappa shape index (κ2) is 5.57. The lowest BCUT2D eigenvalue weighted by Crippen LogP contribution is -2.36. The number of likely N-dealkylation sites (tertiary alicyclic amines) is 1. The van der Waals surface area contributed by atoms with Crippen LogP contribution in [0.5, 0.6) is 0 Å². The van der Waals surface area contributed by atoms with Crippen molar-refractivity contribution in [1.29, 1.82) is 0 Å². The Hall–Kier alpha value is -1.34. The maximum Gasteiger partial charge on any atom is 0.265 e. The number of nitrogens with two attached hydrogens (primary N) is 1. The van der Waals surface area contributed by atoms with Gasteiger partial charge in [0, 0.05) is 18.6 Å². The number of thiazole rings is 1. The molecule has 0 radical (unpaired) electrons. The number of hydrogen-bond donors (Lipinski definition) is 3. The van der Waals surface area contributed by atoms with Crippen LogP contribution in [-0.2, 0) is 0 Å². The van der Waals surface area contributed by atoms with E-state index in [2.05, 4.69) is 27.6 Å². The molecule has 1 aliphatic carbocycles. The molecule has 1 aromatic heterocycles. The predicted molar refractivity (Wildman–Crippen MR) is 81.2 cm³/mol. The van der Waals surface area contributed by atoms with Crippen LogP contribution in [0.4, 0.5) is 10.9 Å². The molecule has 1 aromatic rings. The van der Waals surface area contributed by atoms with Crippen molar-refractivity contribution in [2.75, 3.05) is 31.2 Å². The third-order valence-electron chi connectivity index (χ3n) is 4.02. The SMILES string of the molecule is CN1CCC(NC(=O)c2sc(NC3CCC3)nc2N)C1. The van der Waals surface area contributed by atoms with Gasteiger partial charge < -0.3 is 21.3 Å². The highest BCUT2D eigenvalue weighted by atomic mass is 32.1. The number of nitrogens with one attached hydrogen (secondary N) is 2. The molecule has 0 spiro atoms. The smallest absolute Gasteiger partial charge is 0.265 e. The van der Waals surface area contributed by atoms with E-state index in [4.69, 9.17) is 5.73 Å². The largest absolute Gasteiger partial charge is 0.382 e. The number of nitrogens with zero attached hydrogens (tertiary/aromatic N) is 2. The fraction of sp³-hybridized carbons (Fsp3) is 0.692. The number of carbonyl (C=O) groups is 1. The molecule has 3 rings (SSSR count). The van der Waals surface area contributed by atoms with Gasteiger partial charge in [-0.25, -0.2) is 4.98 Å². The molecular weight excluding hydrogens is 274 g/mol. The van der Waals surface area contributed by atoms with Gasteiger partial charge in [0.1, 0.15) is 10.7 Å². The van der Waals surface area contributed by atoms with Gasteiger partial charge >= 0.3 is 0 Å². The van der Waals surface area contributed by atoms with Crippen LogP contribution in [0.25, 0.3) is 0 Å². The molecule has 1 amide bonds. The van der Waals surface area contributed by atoms with E-state index < -0.39 is 0 Å². The molecule has 20 heavy (non-hydrogen) atoms. The number of aromatic nitrogens is 1. The molecule has 2 aliphatic rings. The number of amides is 1. The maximum atomic E-state index is 12.2. The summed E-state index contributed by atoms with van der Waals surface area (Å²) in [6.45, 7) is 1.93. The number of carbonyl (C=O) groups excluding carboxylic acids is 1. The highest BCUT2D eigenvalue weighted by Gasteiger charge is 2.25. The Morgan fingerprint density at radius 3 is 2.80 bits per heavy atom. The van der Waals surface area contributed by atoms with E-state index in [1.807, 2.05) is 0 Å². The van der Waals surface area contributed by atoms with Crippen molar-refractivity contribution in [3.8, 4) is 0 Å². The minimum Gasteiger partial charge on any atom is -0.382 e. The molecule has 0 bridgehead atoms. The van der Waals surface area contributed by atoms with Crippen molar-refractivity contribution in [2.45, 2.75) is 37.8 Å². The first-order valence-electron chi connectivity index (χ1n) is 7.14. The quantitative estimate of drug-likeness (QED) is 0.775. The summed E-state index contributed by atoms with van der Waals surface area (Å²) < 4.78 is 0. The first kappa shape index (κ1) is 13.6. The molecule has 1 unspecified atom stereocenters. The zero-order chi connectivity index (χ0) is 14.1. The van der Waals surface area contributed by atoms with E-state index in [0.717, 1.165) is 24.6 Å². The summed E-state index contributed by atoms with van der Waals surface area (Å²) in [5.41, 5.74) is 5.87. The van der Waals surface area contributed by atoms with Gasteiger partial charge in [-0.3, -0.25) is 4.79 Å². The van der Waals surface area contributed by atoms with E-state index in [9.17, 15) is 4.79 Å². The Balaban J connectivity index is 1.61. The molecule has 6 nitrogen and oxygen atoms in total. The van der Waals surface area contributed by atoms with Crippen molar-refractivity contribution in [2.24, 2.45) is 0 Å². The van der Waals surface area contributed by atoms with Crippen molar-refractivity contribution in [3.63, 3.8) is 0 Å². The molecule has 4 N–H and O–H groups in total. The van der Waals surface area contributed by atoms with Gasteiger partial charge in [-0.1, -0.05) is 11.3 Å². The van der Waals surface area contributed by atoms with Gasteiger partial charge in [-0.15, -0.1) is 0 Å². The van der Waals surface area contributed by atoms with Crippen molar-refractivity contribution in [3.05, 3.63) is 4.88 Å². The third kappa shape index (κ3) is 2.88. The Morgan fingerprint density at radius 1 is 1.40 bits per heavy atom. The van der Waals surface area contributed by atoms with Gasteiger partial charge in [0.25, 0.3) is 5.91 Å². The fourth-order valence-corrected chi connectivity index (χ4v) is 3.45. The van der Waals surface area contributed by atoms with Crippen LogP contribution < -0.4 is 16.4 Å². The van der Waals surface area contributed by atoms with E-state index in [1.165, 1.54) is 30.6 Å². The summed E-state index contributed by atoms with van der Waals surface area (Å²) in [6.07, 6.45) is 4.61. The average Bonchev–Trinajstić information content (AvgIpc) is 2.90. The highest BCUT2D eigenvalue weighted by molar-refractivity contribution is 7.18. The normalized spacial score (nSPS) is 23.6. The Bertz CT molecular complexity index is 499. The summed E-state index contributed by atoms with van der Waals surface area (Å²) in [5, 5.41) is 7.14. The summed E-state index contributed by atoms with van der Waals surface area (Å²) in [7, 11) is 2.06. The third-order valence-corrected chi connectivity index (χ3v) is 5.02. The van der Waals surface area contributed by atoms with Gasteiger partial charge in [0.2, 0.25) is 0 Å². The maximum absolute atomic E-state index is 12.2.